The largest absolute Gasteiger partial charge is 0.507 e. The third kappa shape index (κ3) is 4.59. The van der Waals surface area contributed by atoms with Gasteiger partial charge in [-0.25, -0.2) is 0 Å². The van der Waals surface area contributed by atoms with Crippen molar-refractivity contribution in [2.75, 3.05) is 26.7 Å². The lowest BCUT2D eigenvalue weighted by Gasteiger charge is -2.36. The van der Waals surface area contributed by atoms with Crippen LogP contribution in [0.4, 0.5) is 0 Å². The molecule has 0 amide bonds. The Kier molecular flexibility index (Phi) is 6.79. The molecule has 0 saturated carbocycles. The Bertz CT molecular complexity index is 799. The minimum atomic E-state index is 0.191. The number of nitrogens with zero attached hydrogens (tertiary/aromatic N) is 1. The second kappa shape index (κ2) is 9.11. The van der Waals surface area contributed by atoms with E-state index in [9.17, 15) is 5.11 Å². The molecule has 2 aromatic carbocycles. The Morgan fingerprint density at radius 3 is 2.64 bits per heavy atom. The summed E-state index contributed by atoms with van der Waals surface area (Å²) in [5, 5.41) is 14.6. The van der Waals surface area contributed by atoms with Crippen molar-refractivity contribution >= 4 is 0 Å². The summed E-state index contributed by atoms with van der Waals surface area (Å²) in [5.74, 6) is 1.10. The van der Waals surface area contributed by atoms with E-state index in [4.69, 9.17) is 0 Å². The van der Waals surface area contributed by atoms with Gasteiger partial charge in [0.1, 0.15) is 5.75 Å². The molecule has 0 aliphatic carbocycles. The van der Waals surface area contributed by atoms with Crippen LogP contribution in [0, 0.1) is 6.92 Å². The first kappa shape index (κ1) is 20.9. The molecule has 1 heterocycles. The topological polar surface area (TPSA) is 35.5 Å². The minimum absolute atomic E-state index is 0.191. The lowest BCUT2D eigenvalue weighted by molar-refractivity contribution is 0.185. The summed E-state index contributed by atoms with van der Waals surface area (Å²) in [5.41, 5.74) is 6.03. The molecule has 0 spiro atoms. The van der Waals surface area contributed by atoms with Crippen LogP contribution in [-0.4, -0.2) is 42.7 Å². The number of hydrogen-bond donors (Lipinski definition) is 2. The molecule has 3 rings (SSSR count). The van der Waals surface area contributed by atoms with Gasteiger partial charge in [-0.2, -0.15) is 0 Å². The zero-order valence-electron chi connectivity index (χ0n) is 18.1. The van der Waals surface area contributed by atoms with E-state index in [1.165, 1.54) is 16.7 Å². The molecule has 1 aliphatic rings. The number of benzene rings is 2. The van der Waals surface area contributed by atoms with Crippen molar-refractivity contribution < 1.29 is 5.11 Å². The monoisotopic (exact) mass is 380 g/mol. The molecule has 3 nitrogen and oxygen atoms in total. The van der Waals surface area contributed by atoms with Crippen LogP contribution in [0.1, 0.15) is 66.8 Å². The fourth-order valence-corrected chi connectivity index (χ4v) is 4.30. The lowest BCUT2D eigenvalue weighted by atomic mass is 9.81. The van der Waals surface area contributed by atoms with Crippen molar-refractivity contribution in [1.29, 1.82) is 0 Å². The van der Waals surface area contributed by atoms with Crippen LogP contribution in [0.5, 0.6) is 5.75 Å². The van der Waals surface area contributed by atoms with E-state index in [-0.39, 0.29) is 5.92 Å². The fourth-order valence-electron chi connectivity index (χ4n) is 4.30. The SMILES string of the molecule is CCc1cccc(C(CC2CNCCN2C)c2cc(C(C)C)cc(C)c2O)c1. The van der Waals surface area contributed by atoms with Gasteiger partial charge in [-0.1, -0.05) is 57.2 Å². The normalized spacial score (nSPS) is 19.1. The standard InChI is InChI=1S/C25H36N2O/c1-6-19-8-7-9-20(13-19)23(15-22-16-26-10-11-27(22)5)24-14-21(17(2)3)12-18(4)25(24)28/h7-9,12-14,17,22-23,26,28H,6,10-11,15-16H2,1-5H3. The van der Waals surface area contributed by atoms with Crippen LogP contribution in [0.25, 0.3) is 0 Å². The zero-order chi connectivity index (χ0) is 20.3. The Labute approximate surface area is 170 Å². The maximum absolute atomic E-state index is 11.0. The fraction of sp³-hybridized carbons (Fsp3) is 0.520. The number of hydrogen-bond acceptors (Lipinski definition) is 3. The van der Waals surface area contributed by atoms with Gasteiger partial charge in [0.05, 0.1) is 0 Å². The van der Waals surface area contributed by atoms with Gasteiger partial charge >= 0.3 is 0 Å². The van der Waals surface area contributed by atoms with Gasteiger partial charge in [-0.05, 0) is 55.0 Å². The Morgan fingerprint density at radius 1 is 1.18 bits per heavy atom. The highest BCUT2D eigenvalue weighted by atomic mass is 16.3. The van der Waals surface area contributed by atoms with Crippen molar-refractivity contribution in [3.05, 3.63) is 64.2 Å². The van der Waals surface area contributed by atoms with E-state index in [1.54, 1.807) is 0 Å². The molecule has 2 N–H and O–H groups in total. The second-order valence-electron chi connectivity index (χ2n) is 8.66. The summed E-state index contributed by atoms with van der Waals surface area (Å²) in [6.45, 7) is 11.8. The number of aryl methyl sites for hydroxylation is 2. The lowest BCUT2D eigenvalue weighted by Crippen LogP contribution is -2.49. The molecule has 2 unspecified atom stereocenters. The molecular formula is C25H36N2O. The van der Waals surface area contributed by atoms with Crippen LogP contribution in [0.15, 0.2) is 36.4 Å². The number of phenols is 1. The first-order valence-corrected chi connectivity index (χ1v) is 10.7. The molecule has 1 aliphatic heterocycles. The van der Waals surface area contributed by atoms with E-state index in [0.717, 1.165) is 43.6 Å². The van der Waals surface area contributed by atoms with Crippen LogP contribution in [0.2, 0.25) is 0 Å². The van der Waals surface area contributed by atoms with Gasteiger partial charge in [-0.15, -0.1) is 0 Å². The Balaban J connectivity index is 2.07. The summed E-state index contributed by atoms with van der Waals surface area (Å²) in [6, 6.07) is 13.8. The van der Waals surface area contributed by atoms with Crippen LogP contribution >= 0.6 is 0 Å². The second-order valence-corrected chi connectivity index (χ2v) is 8.66. The van der Waals surface area contributed by atoms with Gasteiger partial charge in [0.15, 0.2) is 0 Å². The number of rotatable bonds is 6. The summed E-state index contributed by atoms with van der Waals surface area (Å²) < 4.78 is 0. The van der Waals surface area contributed by atoms with Gasteiger partial charge < -0.3 is 15.3 Å². The molecule has 0 radical (unpaired) electrons. The zero-order valence-corrected chi connectivity index (χ0v) is 18.1. The number of likely N-dealkylation sites (N-methyl/N-ethyl adjacent to an activating group) is 1. The molecule has 0 aromatic heterocycles. The van der Waals surface area contributed by atoms with Crippen molar-refractivity contribution in [2.45, 2.75) is 58.4 Å². The van der Waals surface area contributed by atoms with Crippen molar-refractivity contribution in [2.24, 2.45) is 0 Å². The third-order valence-electron chi connectivity index (χ3n) is 6.31. The smallest absolute Gasteiger partial charge is 0.122 e. The van der Waals surface area contributed by atoms with E-state index < -0.39 is 0 Å². The summed E-state index contributed by atoms with van der Waals surface area (Å²) in [4.78, 5) is 2.46. The average molecular weight is 381 g/mol. The highest BCUT2D eigenvalue weighted by Gasteiger charge is 2.27. The quantitative estimate of drug-likeness (QED) is 0.755. The predicted molar refractivity (Wildman–Crippen MR) is 119 cm³/mol. The molecule has 28 heavy (non-hydrogen) atoms. The number of nitrogens with one attached hydrogen (secondary N) is 1. The number of piperazine rings is 1. The molecular weight excluding hydrogens is 344 g/mol. The van der Waals surface area contributed by atoms with Crippen molar-refractivity contribution in [3.63, 3.8) is 0 Å². The summed E-state index contributed by atoms with van der Waals surface area (Å²) in [6.07, 6.45) is 2.04. The number of aromatic hydroxyl groups is 1. The first-order valence-electron chi connectivity index (χ1n) is 10.7. The average Bonchev–Trinajstić information content (AvgIpc) is 2.69. The first-order chi connectivity index (χ1) is 13.4. The molecule has 2 atom stereocenters. The maximum Gasteiger partial charge on any atom is 0.122 e. The molecule has 3 heteroatoms. The maximum atomic E-state index is 11.0. The minimum Gasteiger partial charge on any atom is -0.507 e. The van der Waals surface area contributed by atoms with Crippen LogP contribution in [0.3, 0.4) is 0 Å². The Morgan fingerprint density at radius 2 is 1.96 bits per heavy atom. The highest BCUT2D eigenvalue weighted by Crippen LogP contribution is 2.39. The van der Waals surface area contributed by atoms with Gasteiger partial charge in [0, 0.05) is 37.2 Å². The Hall–Kier alpha value is -1.84. The van der Waals surface area contributed by atoms with Crippen LogP contribution < -0.4 is 5.32 Å². The molecule has 2 aromatic rings. The van der Waals surface area contributed by atoms with Crippen LogP contribution in [-0.2, 0) is 6.42 Å². The number of phenolic OH excluding ortho intramolecular Hbond substituents is 1. The van der Waals surface area contributed by atoms with Crippen molar-refractivity contribution in [3.8, 4) is 5.75 Å². The molecule has 1 saturated heterocycles. The summed E-state index contributed by atoms with van der Waals surface area (Å²) >= 11 is 0. The van der Waals surface area contributed by atoms with Gasteiger partial charge in [-0.3, -0.25) is 0 Å². The molecule has 152 valence electrons. The predicted octanol–water partition coefficient (Wildman–Crippen LogP) is 4.81. The van der Waals surface area contributed by atoms with Crippen molar-refractivity contribution in [1.82, 2.24) is 10.2 Å². The van der Waals surface area contributed by atoms with E-state index in [0.29, 0.717) is 17.7 Å². The molecule has 0 bridgehead atoms. The van der Waals surface area contributed by atoms with Gasteiger partial charge in [0.25, 0.3) is 0 Å². The molecule has 1 fully saturated rings. The van der Waals surface area contributed by atoms with Gasteiger partial charge in [0.2, 0.25) is 0 Å². The summed E-state index contributed by atoms with van der Waals surface area (Å²) in [7, 11) is 2.22. The third-order valence-corrected chi connectivity index (χ3v) is 6.31. The van der Waals surface area contributed by atoms with E-state index in [1.807, 2.05) is 6.92 Å². The van der Waals surface area contributed by atoms with E-state index in [2.05, 4.69) is 74.4 Å². The van der Waals surface area contributed by atoms with E-state index >= 15 is 0 Å². The highest BCUT2D eigenvalue weighted by molar-refractivity contribution is 5.49.